The molecule has 1 unspecified atom stereocenters. The Morgan fingerprint density at radius 2 is 2.04 bits per heavy atom. The standard InChI is InChI=1S/C18H12BrN3O/c19-11-5-6-15-13(9-11)14(10-21-15)18(7-8-20)17(23)12-3-1-2-4-16(12)22-18/h1-6,9-10,21-22H,7H2. The Kier molecular flexibility index (Phi) is 3.03. The van der Waals surface area contributed by atoms with E-state index in [0.29, 0.717) is 5.56 Å². The third kappa shape index (κ3) is 1.92. The minimum Gasteiger partial charge on any atom is -0.367 e. The molecule has 0 saturated carbocycles. The molecule has 0 bridgehead atoms. The molecule has 1 aliphatic rings. The number of anilines is 1. The van der Waals surface area contributed by atoms with E-state index >= 15 is 0 Å². The maximum Gasteiger partial charge on any atom is 0.195 e. The molecule has 0 aliphatic carbocycles. The number of benzene rings is 2. The van der Waals surface area contributed by atoms with Crippen molar-refractivity contribution in [2.24, 2.45) is 0 Å². The highest BCUT2D eigenvalue weighted by atomic mass is 79.9. The smallest absolute Gasteiger partial charge is 0.195 e. The lowest BCUT2D eigenvalue weighted by molar-refractivity contribution is 0.0920. The predicted molar refractivity (Wildman–Crippen MR) is 92.3 cm³/mol. The number of rotatable bonds is 2. The van der Waals surface area contributed by atoms with Crippen LogP contribution >= 0.6 is 15.9 Å². The van der Waals surface area contributed by atoms with E-state index in [9.17, 15) is 10.1 Å². The largest absolute Gasteiger partial charge is 0.367 e. The topological polar surface area (TPSA) is 68.7 Å². The summed E-state index contributed by atoms with van der Waals surface area (Å²) < 4.78 is 0.931. The lowest BCUT2D eigenvalue weighted by Crippen LogP contribution is -2.38. The molecular formula is C18H12BrN3O. The van der Waals surface area contributed by atoms with E-state index in [1.807, 2.05) is 42.6 Å². The molecule has 0 saturated heterocycles. The van der Waals surface area contributed by atoms with Gasteiger partial charge in [-0.15, -0.1) is 0 Å². The number of fused-ring (bicyclic) bond motifs is 2. The van der Waals surface area contributed by atoms with Gasteiger partial charge in [0.15, 0.2) is 5.78 Å². The number of halogens is 1. The summed E-state index contributed by atoms with van der Waals surface area (Å²) in [5.74, 6) is -0.0597. The molecule has 4 rings (SSSR count). The van der Waals surface area contributed by atoms with Crippen LogP contribution < -0.4 is 5.32 Å². The van der Waals surface area contributed by atoms with Crippen molar-refractivity contribution < 1.29 is 4.79 Å². The SMILES string of the molecule is N#CCC1(c2c[nH]c3ccc(Br)cc23)Nc2ccccc2C1=O. The molecule has 5 heteroatoms. The summed E-state index contributed by atoms with van der Waals surface area (Å²) in [7, 11) is 0. The van der Waals surface area contributed by atoms with Gasteiger partial charge in [0.25, 0.3) is 0 Å². The van der Waals surface area contributed by atoms with Crippen molar-refractivity contribution in [2.75, 3.05) is 5.32 Å². The molecule has 4 nitrogen and oxygen atoms in total. The normalized spacial score (nSPS) is 19.4. The molecule has 0 radical (unpaired) electrons. The number of H-pyrrole nitrogens is 1. The van der Waals surface area contributed by atoms with Crippen molar-refractivity contribution in [2.45, 2.75) is 12.0 Å². The summed E-state index contributed by atoms with van der Waals surface area (Å²) in [6.07, 6.45) is 1.89. The monoisotopic (exact) mass is 365 g/mol. The number of para-hydroxylation sites is 1. The van der Waals surface area contributed by atoms with Crippen LogP contribution in [0.15, 0.2) is 53.1 Å². The molecule has 1 aliphatic heterocycles. The second-order valence-corrected chi connectivity index (χ2v) is 6.55. The van der Waals surface area contributed by atoms with Gasteiger partial charge in [-0.3, -0.25) is 4.79 Å². The number of hydrogen-bond acceptors (Lipinski definition) is 3. The summed E-state index contributed by atoms with van der Waals surface area (Å²) in [4.78, 5) is 16.3. The van der Waals surface area contributed by atoms with Crippen LogP contribution in [0.5, 0.6) is 0 Å². The van der Waals surface area contributed by atoms with Crippen LogP contribution in [0.1, 0.15) is 22.3 Å². The van der Waals surface area contributed by atoms with Gasteiger partial charge in [0.05, 0.1) is 12.5 Å². The zero-order chi connectivity index (χ0) is 16.0. The molecule has 0 fully saturated rings. The summed E-state index contributed by atoms with van der Waals surface area (Å²) in [5, 5.41) is 13.6. The number of nitriles is 1. The average Bonchev–Trinajstić information content (AvgIpc) is 3.08. The summed E-state index contributed by atoms with van der Waals surface area (Å²) in [6, 6.07) is 15.4. The Labute approximate surface area is 141 Å². The van der Waals surface area contributed by atoms with Crippen LogP contribution in [0.2, 0.25) is 0 Å². The first-order chi connectivity index (χ1) is 11.2. The number of Topliss-reactive ketones (excluding diaryl/α,β-unsaturated/α-hetero) is 1. The lowest BCUT2D eigenvalue weighted by Gasteiger charge is -2.25. The maximum absolute atomic E-state index is 13.1. The van der Waals surface area contributed by atoms with Crippen LogP contribution in [0.4, 0.5) is 5.69 Å². The summed E-state index contributed by atoms with van der Waals surface area (Å²) in [6.45, 7) is 0. The zero-order valence-electron chi connectivity index (χ0n) is 12.1. The van der Waals surface area contributed by atoms with Crippen molar-refractivity contribution in [1.29, 1.82) is 5.26 Å². The van der Waals surface area contributed by atoms with Gasteiger partial charge in [0.2, 0.25) is 0 Å². The van der Waals surface area contributed by atoms with Crippen LogP contribution in [0, 0.1) is 11.3 Å². The fraction of sp³-hybridized carbons (Fsp3) is 0.111. The number of carbonyl (C=O) groups is 1. The summed E-state index contributed by atoms with van der Waals surface area (Å²) >= 11 is 3.48. The van der Waals surface area contributed by atoms with Crippen molar-refractivity contribution in [3.63, 3.8) is 0 Å². The van der Waals surface area contributed by atoms with Gasteiger partial charge in [-0.1, -0.05) is 28.1 Å². The molecule has 2 heterocycles. The van der Waals surface area contributed by atoms with E-state index in [1.54, 1.807) is 6.07 Å². The van der Waals surface area contributed by atoms with Crippen molar-refractivity contribution in [3.8, 4) is 6.07 Å². The molecule has 2 aromatic carbocycles. The minimum atomic E-state index is -1.04. The number of aromatic nitrogens is 1. The van der Waals surface area contributed by atoms with Gasteiger partial charge in [0, 0.05) is 38.4 Å². The Balaban J connectivity index is 1.98. The highest BCUT2D eigenvalue weighted by molar-refractivity contribution is 9.10. The number of nitrogens with zero attached hydrogens (tertiary/aromatic N) is 1. The van der Waals surface area contributed by atoms with E-state index < -0.39 is 5.54 Å². The van der Waals surface area contributed by atoms with Crippen molar-refractivity contribution >= 4 is 38.3 Å². The van der Waals surface area contributed by atoms with E-state index in [2.05, 4.69) is 32.3 Å². The molecule has 112 valence electrons. The Hall–Kier alpha value is -2.58. The van der Waals surface area contributed by atoms with Crippen LogP contribution in [0.25, 0.3) is 10.9 Å². The Bertz CT molecular complexity index is 985. The molecule has 1 aromatic heterocycles. The Morgan fingerprint density at radius 1 is 1.22 bits per heavy atom. The fourth-order valence-electron chi connectivity index (χ4n) is 3.28. The van der Waals surface area contributed by atoms with Gasteiger partial charge in [0.1, 0.15) is 5.54 Å². The van der Waals surface area contributed by atoms with Gasteiger partial charge >= 0.3 is 0 Å². The van der Waals surface area contributed by atoms with Crippen molar-refractivity contribution in [3.05, 3.63) is 64.3 Å². The molecule has 0 spiro atoms. The summed E-state index contributed by atoms with van der Waals surface area (Å²) in [5.41, 5.74) is 2.10. The number of aromatic amines is 1. The second-order valence-electron chi connectivity index (χ2n) is 5.63. The van der Waals surface area contributed by atoms with Gasteiger partial charge in [-0.2, -0.15) is 5.26 Å². The fourth-order valence-corrected chi connectivity index (χ4v) is 3.64. The van der Waals surface area contributed by atoms with Crippen LogP contribution in [-0.2, 0) is 5.54 Å². The van der Waals surface area contributed by atoms with Gasteiger partial charge in [-0.25, -0.2) is 0 Å². The highest BCUT2D eigenvalue weighted by Crippen LogP contribution is 2.44. The van der Waals surface area contributed by atoms with Gasteiger partial charge < -0.3 is 10.3 Å². The molecule has 23 heavy (non-hydrogen) atoms. The quantitative estimate of drug-likeness (QED) is 0.709. The molecular weight excluding hydrogens is 354 g/mol. The number of carbonyl (C=O) groups excluding carboxylic acids is 1. The first kappa shape index (κ1) is 14.0. The third-order valence-corrected chi connectivity index (χ3v) is 4.85. The molecule has 2 N–H and O–H groups in total. The second kappa shape index (κ2) is 4.97. The predicted octanol–water partition coefficient (Wildman–Crippen LogP) is 4.35. The molecule has 1 atom stereocenters. The van der Waals surface area contributed by atoms with Crippen LogP contribution in [0.3, 0.4) is 0 Å². The van der Waals surface area contributed by atoms with Crippen LogP contribution in [-0.4, -0.2) is 10.8 Å². The Morgan fingerprint density at radius 3 is 2.83 bits per heavy atom. The van der Waals surface area contributed by atoms with E-state index in [0.717, 1.165) is 26.6 Å². The number of hydrogen-bond donors (Lipinski definition) is 2. The van der Waals surface area contributed by atoms with E-state index in [-0.39, 0.29) is 12.2 Å². The average molecular weight is 366 g/mol. The third-order valence-electron chi connectivity index (χ3n) is 4.36. The van der Waals surface area contributed by atoms with Crippen molar-refractivity contribution in [1.82, 2.24) is 4.98 Å². The van der Waals surface area contributed by atoms with E-state index in [4.69, 9.17) is 0 Å². The highest BCUT2D eigenvalue weighted by Gasteiger charge is 2.47. The van der Waals surface area contributed by atoms with Gasteiger partial charge in [-0.05, 0) is 30.3 Å². The lowest BCUT2D eigenvalue weighted by atomic mass is 9.83. The zero-order valence-corrected chi connectivity index (χ0v) is 13.6. The first-order valence-electron chi connectivity index (χ1n) is 7.22. The maximum atomic E-state index is 13.1. The van der Waals surface area contributed by atoms with E-state index in [1.165, 1.54) is 0 Å². The molecule has 3 aromatic rings. The number of ketones is 1. The first-order valence-corrected chi connectivity index (χ1v) is 8.01. The minimum absolute atomic E-state index is 0.0597. The number of nitrogens with one attached hydrogen (secondary N) is 2. The molecule has 0 amide bonds.